The highest BCUT2D eigenvalue weighted by atomic mass is 32.2. The van der Waals surface area contributed by atoms with Gasteiger partial charge in [-0.3, -0.25) is 4.79 Å². The Labute approximate surface area is 167 Å². The van der Waals surface area contributed by atoms with E-state index in [1.807, 2.05) is 18.2 Å². The summed E-state index contributed by atoms with van der Waals surface area (Å²) in [6.07, 6.45) is 6.38. The summed E-state index contributed by atoms with van der Waals surface area (Å²) in [4.78, 5) is 23.8. The van der Waals surface area contributed by atoms with Crippen molar-refractivity contribution in [3.05, 3.63) is 52.7 Å². The summed E-state index contributed by atoms with van der Waals surface area (Å²) in [5.41, 5.74) is 2.66. The third kappa shape index (κ3) is 4.17. The Balaban J connectivity index is 1.38. The van der Waals surface area contributed by atoms with E-state index in [0.29, 0.717) is 18.2 Å². The number of nitrogens with one attached hydrogen (secondary N) is 1. The van der Waals surface area contributed by atoms with Gasteiger partial charge < -0.3 is 5.32 Å². The second kappa shape index (κ2) is 8.40. The highest BCUT2D eigenvalue weighted by Crippen LogP contribution is 2.39. The molecule has 1 atom stereocenters. The van der Waals surface area contributed by atoms with Gasteiger partial charge in [-0.15, -0.1) is 11.3 Å². The molecule has 2 aromatic heterocycles. The molecule has 0 saturated heterocycles. The van der Waals surface area contributed by atoms with Crippen molar-refractivity contribution in [2.45, 2.75) is 43.6 Å². The van der Waals surface area contributed by atoms with Gasteiger partial charge in [0, 0.05) is 16.8 Å². The second-order valence-electron chi connectivity index (χ2n) is 6.97. The van der Waals surface area contributed by atoms with E-state index < -0.39 is 0 Å². The van der Waals surface area contributed by atoms with Crippen molar-refractivity contribution in [2.75, 3.05) is 12.3 Å². The fraction of sp³-hybridized carbons (Fsp3) is 0.381. The maximum Gasteiger partial charge on any atom is 0.230 e. The number of hydrogen-bond acceptors (Lipinski definition) is 5. The summed E-state index contributed by atoms with van der Waals surface area (Å²) in [7, 11) is 0. The van der Waals surface area contributed by atoms with E-state index in [0.717, 1.165) is 22.7 Å². The molecule has 0 spiro atoms. The third-order valence-electron chi connectivity index (χ3n) is 5.03. The summed E-state index contributed by atoms with van der Waals surface area (Å²) in [6, 6.07) is 10.3. The number of amides is 1. The second-order valence-corrected chi connectivity index (χ2v) is 9.02. The van der Waals surface area contributed by atoms with Crippen LogP contribution in [-0.4, -0.2) is 28.2 Å². The highest BCUT2D eigenvalue weighted by Gasteiger charge is 2.20. The predicted octanol–water partition coefficient (Wildman–Crippen LogP) is 4.58. The quantitative estimate of drug-likeness (QED) is 0.488. The minimum absolute atomic E-state index is 0.0543. The predicted molar refractivity (Wildman–Crippen MR) is 113 cm³/mol. The molecule has 4 rings (SSSR count). The van der Waals surface area contributed by atoms with E-state index in [-0.39, 0.29) is 5.91 Å². The molecule has 0 radical (unpaired) electrons. The number of aryl methyl sites for hydroxylation is 2. The van der Waals surface area contributed by atoms with Crippen molar-refractivity contribution in [3.63, 3.8) is 0 Å². The average molecular weight is 398 g/mol. The number of carbonyl (C=O) groups excluding carboxylic acids is 1. The number of fused-ring (bicyclic) bond motifs is 3. The molecule has 1 aliphatic carbocycles. The molecule has 2 heterocycles. The number of benzene rings is 1. The molecule has 0 aliphatic heterocycles. The van der Waals surface area contributed by atoms with Crippen LogP contribution in [0.1, 0.15) is 41.7 Å². The Morgan fingerprint density at radius 2 is 2.04 bits per heavy atom. The Hall–Kier alpha value is -1.92. The molecule has 1 amide bonds. The van der Waals surface area contributed by atoms with Crippen LogP contribution in [0, 0.1) is 0 Å². The first kappa shape index (κ1) is 18.4. The zero-order valence-electron chi connectivity index (χ0n) is 15.4. The fourth-order valence-corrected chi connectivity index (χ4v) is 5.67. The summed E-state index contributed by atoms with van der Waals surface area (Å²) >= 11 is 3.32. The van der Waals surface area contributed by atoms with Crippen molar-refractivity contribution in [1.82, 2.24) is 15.3 Å². The molecule has 0 unspecified atom stereocenters. The minimum Gasteiger partial charge on any atom is -0.355 e. The molecule has 27 heavy (non-hydrogen) atoms. The van der Waals surface area contributed by atoms with Gasteiger partial charge >= 0.3 is 0 Å². The number of thiophene rings is 1. The molecular weight excluding hydrogens is 374 g/mol. The van der Waals surface area contributed by atoms with Gasteiger partial charge in [-0.1, -0.05) is 49.0 Å². The van der Waals surface area contributed by atoms with Crippen LogP contribution in [0.15, 0.2) is 41.7 Å². The number of rotatable bonds is 6. The largest absolute Gasteiger partial charge is 0.355 e. The molecule has 0 saturated carbocycles. The number of thioether (sulfide) groups is 1. The third-order valence-corrected chi connectivity index (χ3v) is 7.22. The average Bonchev–Trinajstić information content (AvgIpc) is 3.10. The van der Waals surface area contributed by atoms with Gasteiger partial charge in [0.2, 0.25) is 5.91 Å². The maximum atomic E-state index is 12.3. The maximum absolute atomic E-state index is 12.3. The van der Waals surface area contributed by atoms with Crippen molar-refractivity contribution in [3.8, 4) is 0 Å². The molecular formula is C21H23N3OS2. The van der Waals surface area contributed by atoms with Gasteiger partial charge in [0.15, 0.2) is 0 Å². The zero-order valence-corrected chi connectivity index (χ0v) is 17.0. The molecule has 0 fully saturated rings. The molecule has 1 N–H and O–H groups in total. The van der Waals surface area contributed by atoms with Crippen molar-refractivity contribution in [2.24, 2.45) is 0 Å². The van der Waals surface area contributed by atoms with Gasteiger partial charge in [-0.2, -0.15) is 0 Å². The van der Waals surface area contributed by atoms with Crippen LogP contribution in [0.2, 0.25) is 0 Å². The van der Waals surface area contributed by atoms with E-state index in [1.165, 1.54) is 46.0 Å². The van der Waals surface area contributed by atoms with Crippen molar-refractivity contribution >= 4 is 39.2 Å². The van der Waals surface area contributed by atoms with Crippen LogP contribution in [-0.2, 0) is 17.6 Å². The van der Waals surface area contributed by atoms with Crippen LogP contribution in [0.25, 0.3) is 10.2 Å². The lowest BCUT2D eigenvalue weighted by Crippen LogP contribution is -2.29. The van der Waals surface area contributed by atoms with Gasteiger partial charge in [0.05, 0.1) is 5.75 Å². The molecule has 1 aliphatic rings. The van der Waals surface area contributed by atoms with E-state index in [9.17, 15) is 4.79 Å². The zero-order chi connectivity index (χ0) is 18.6. The number of nitrogens with zero attached hydrogens (tertiary/aromatic N) is 2. The normalized spacial score (nSPS) is 14.7. The molecule has 0 bridgehead atoms. The van der Waals surface area contributed by atoms with E-state index in [1.54, 1.807) is 17.7 Å². The van der Waals surface area contributed by atoms with Gasteiger partial charge in [-0.05, 0) is 42.7 Å². The Morgan fingerprint density at radius 3 is 2.89 bits per heavy atom. The van der Waals surface area contributed by atoms with Crippen LogP contribution >= 0.6 is 23.1 Å². The summed E-state index contributed by atoms with van der Waals surface area (Å²) in [6.45, 7) is 2.78. The molecule has 3 aromatic rings. The summed E-state index contributed by atoms with van der Waals surface area (Å²) in [5.74, 6) is 0.742. The van der Waals surface area contributed by atoms with Crippen LogP contribution < -0.4 is 5.32 Å². The van der Waals surface area contributed by atoms with E-state index in [2.05, 4.69) is 34.3 Å². The smallest absolute Gasteiger partial charge is 0.230 e. The van der Waals surface area contributed by atoms with Crippen LogP contribution in [0.5, 0.6) is 0 Å². The number of hydrogen-bond donors (Lipinski definition) is 1. The van der Waals surface area contributed by atoms with Crippen molar-refractivity contribution < 1.29 is 4.79 Å². The fourth-order valence-electron chi connectivity index (χ4n) is 3.52. The molecule has 4 nitrogen and oxygen atoms in total. The van der Waals surface area contributed by atoms with Gasteiger partial charge in [-0.25, -0.2) is 9.97 Å². The van der Waals surface area contributed by atoms with Crippen LogP contribution in [0.4, 0.5) is 0 Å². The summed E-state index contributed by atoms with van der Waals surface area (Å²) < 4.78 is 0. The van der Waals surface area contributed by atoms with Crippen molar-refractivity contribution in [1.29, 1.82) is 0 Å². The summed E-state index contributed by atoms with van der Waals surface area (Å²) in [5, 5.41) is 5.19. The molecule has 1 aromatic carbocycles. The lowest BCUT2D eigenvalue weighted by Gasteiger charge is -2.13. The first-order valence-electron chi connectivity index (χ1n) is 9.42. The van der Waals surface area contributed by atoms with Gasteiger partial charge in [0.25, 0.3) is 0 Å². The van der Waals surface area contributed by atoms with Gasteiger partial charge in [0.1, 0.15) is 16.2 Å². The number of aromatic nitrogens is 2. The Morgan fingerprint density at radius 1 is 1.22 bits per heavy atom. The SMILES string of the molecule is C[C@@H](CNC(=O)CSc1ncnc2sc3c(c12)CCCC3)c1ccccc1. The first-order chi connectivity index (χ1) is 13.2. The monoisotopic (exact) mass is 397 g/mol. The Kier molecular flexibility index (Phi) is 5.74. The minimum atomic E-state index is 0.0543. The topological polar surface area (TPSA) is 54.9 Å². The lowest BCUT2D eigenvalue weighted by molar-refractivity contribution is -0.118. The first-order valence-corrected chi connectivity index (χ1v) is 11.2. The molecule has 6 heteroatoms. The highest BCUT2D eigenvalue weighted by molar-refractivity contribution is 8.00. The van der Waals surface area contributed by atoms with E-state index >= 15 is 0 Å². The standard InChI is InChI=1S/C21H23N3OS2/c1-14(15-7-3-2-4-8-15)11-22-18(25)12-26-20-19-16-9-5-6-10-17(16)27-21(19)24-13-23-20/h2-4,7-8,13-14H,5-6,9-12H2,1H3,(H,22,25)/t14-/m0/s1. The lowest BCUT2D eigenvalue weighted by atomic mass is 9.97. The Bertz CT molecular complexity index is 939. The van der Waals surface area contributed by atoms with E-state index in [4.69, 9.17) is 0 Å². The molecule has 140 valence electrons. The van der Waals surface area contributed by atoms with Crippen LogP contribution in [0.3, 0.4) is 0 Å². The number of carbonyl (C=O) groups is 1.